The summed E-state index contributed by atoms with van der Waals surface area (Å²) in [6.45, 7) is 6.95. The molecule has 2 saturated carbocycles. The van der Waals surface area contributed by atoms with Crippen LogP contribution in [0, 0.1) is 11.8 Å². The second-order valence-electron chi connectivity index (χ2n) is 10.1. The van der Waals surface area contributed by atoms with Crippen LogP contribution in [0.5, 0.6) is 0 Å². The molecule has 0 spiro atoms. The number of carboxylic acids is 1. The van der Waals surface area contributed by atoms with Crippen molar-refractivity contribution >= 4 is 28.6 Å². The molecule has 176 valence electrons. The topological polar surface area (TPSA) is 49.8 Å². The van der Waals surface area contributed by atoms with E-state index in [2.05, 4.69) is 30.5 Å². The lowest BCUT2D eigenvalue weighted by molar-refractivity contribution is 0.0655. The summed E-state index contributed by atoms with van der Waals surface area (Å²) in [4.78, 5) is 16.3. The molecule has 0 atom stereocenters. The lowest BCUT2D eigenvalue weighted by Gasteiger charge is -2.42. The van der Waals surface area contributed by atoms with Crippen LogP contribution < -0.4 is 4.90 Å². The number of hydrogen-bond donors (Lipinski definition) is 1. The first-order chi connectivity index (χ1) is 15.5. The zero-order valence-electron chi connectivity index (χ0n) is 19.8. The molecule has 4 nitrogen and oxygen atoms in total. The molecule has 0 unspecified atom stereocenters. The number of ether oxygens (including phenoxy) is 1. The first kappa shape index (κ1) is 23.6. The smallest absolute Gasteiger partial charge is 0.348 e. The van der Waals surface area contributed by atoms with E-state index in [0.29, 0.717) is 22.9 Å². The van der Waals surface area contributed by atoms with Gasteiger partial charge in [0.05, 0.1) is 11.8 Å². The van der Waals surface area contributed by atoms with E-state index in [1.165, 1.54) is 42.6 Å². The normalized spacial score (nSPS) is 28.8. The number of carboxylic acid groups (broad SMARTS) is 1. The van der Waals surface area contributed by atoms with Crippen molar-refractivity contribution in [3.05, 3.63) is 34.2 Å². The molecular formula is C27H39NO3S. The Morgan fingerprint density at radius 1 is 1.12 bits per heavy atom. The summed E-state index contributed by atoms with van der Waals surface area (Å²) in [5.41, 5.74) is 3.35. The molecule has 1 aromatic rings. The number of rotatable bonds is 7. The highest BCUT2D eigenvalue weighted by molar-refractivity contribution is 7.15. The van der Waals surface area contributed by atoms with Crippen molar-refractivity contribution in [1.82, 2.24) is 0 Å². The number of methoxy groups -OCH3 is 1. The highest BCUT2D eigenvalue weighted by atomic mass is 32.1. The van der Waals surface area contributed by atoms with Gasteiger partial charge in [-0.25, -0.2) is 4.79 Å². The second-order valence-corrected chi connectivity index (χ2v) is 11.1. The summed E-state index contributed by atoms with van der Waals surface area (Å²) in [6, 6.07) is 2.47. The van der Waals surface area contributed by atoms with Crippen LogP contribution >= 0.6 is 11.3 Å². The van der Waals surface area contributed by atoms with Crippen molar-refractivity contribution in [2.24, 2.45) is 11.8 Å². The molecule has 0 saturated heterocycles. The van der Waals surface area contributed by atoms with Crippen molar-refractivity contribution < 1.29 is 14.6 Å². The molecule has 0 bridgehead atoms. The summed E-state index contributed by atoms with van der Waals surface area (Å²) in [5, 5.41) is 10.1. The van der Waals surface area contributed by atoms with Crippen LogP contribution in [0.25, 0.3) is 5.57 Å². The van der Waals surface area contributed by atoms with Gasteiger partial charge < -0.3 is 14.7 Å². The highest BCUT2D eigenvalue weighted by Crippen LogP contribution is 2.44. The molecule has 4 rings (SSSR count). The number of hydrogen-bond acceptors (Lipinski definition) is 4. The Kier molecular flexibility index (Phi) is 7.78. The Bertz CT molecular complexity index is 841. The molecular weight excluding hydrogens is 418 g/mol. The number of nitrogens with zero attached hydrogens (tertiary/aromatic N) is 1. The molecule has 0 aromatic carbocycles. The van der Waals surface area contributed by atoms with E-state index in [0.717, 1.165) is 73.5 Å². The third kappa shape index (κ3) is 5.14. The van der Waals surface area contributed by atoms with Crippen molar-refractivity contribution in [3.8, 4) is 0 Å². The van der Waals surface area contributed by atoms with Gasteiger partial charge in [-0.05, 0) is 87.7 Å². The second kappa shape index (κ2) is 10.6. The minimum atomic E-state index is -0.812. The molecule has 3 aliphatic rings. The summed E-state index contributed by atoms with van der Waals surface area (Å²) >= 11 is 1.46. The standard InChI is InChI=1S/C27H39NO3S/c1-18-9-11-20(12-10-18)19(2)28(22-13-15-23(31-3)16-14-22)24-17-25(32-26(24)27(29)30)21-7-5-4-6-8-21/h7,17-18,20,22-23H,2,4-6,8-16H2,1,3H3,(H,29,30). The molecule has 1 aromatic heterocycles. The van der Waals surface area contributed by atoms with E-state index in [1.807, 2.05) is 0 Å². The van der Waals surface area contributed by atoms with Gasteiger partial charge in [0.1, 0.15) is 4.88 Å². The van der Waals surface area contributed by atoms with Crippen LogP contribution in [0.15, 0.2) is 24.4 Å². The van der Waals surface area contributed by atoms with Gasteiger partial charge in [0.25, 0.3) is 0 Å². The van der Waals surface area contributed by atoms with Gasteiger partial charge in [-0.2, -0.15) is 0 Å². The number of aromatic carboxylic acids is 1. The van der Waals surface area contributed by atoms with Gasteiger partial charge in [0, 0.05) is 23.7 Å². The van der Waals surface area contributed by atoms with E-state index in [1.54, 1.807) is 7.11 Å². The monoisotopic (exact) mass is 457 g/mol. The van der Waals surface area contributed by atoms with Gasteiger partial charge in [-0.15, -0.1) is 11.3 Å². The largest absolute Gasteiger partial charge is 0.477 e. The average molecular weight is 458 g/mol. The fraction of sp³-hybridized carbons (Fsp3) is 0.667. The van der Waals surface area contributed by atoms with E-state index in [-0.39, 0.29) is 0 Å². The maximum absolute atomic E-state index is 12.4. The van der Waals surface area contributed by atoms with Crippen LogP contribution in [-0.4, -0.2) is 30.3 Å². The van der Waals surface area contributed by atoms with Crippen LogP contribution in [0.4, 0.5) is 5.69 Å². The van der Waals surface area contributed by atoms with E-state index in [4.69, 9.17) is 4.74 Å². The third-order valence-electron chi connectivity index (χ3n) is 7.91. The third-order valence-corrected chi connectivity index (χ3v) is 9.10. The molecule has 5 heteroatoms. The number of anilines is 1. The zero-order chi connectivity index (χ0) is 22.7. The molecule has 1 N–H and O–H groups in total. The maximum atomic E-state index is 12.4. The molecule has 3 aliphatic carbocycles. The highest BCUT2D eigenvalue weighted by Gasteiger charge is 2.34. The van der Waals surface area contributed by atoms with Crippen molar-refractivity contribution in [2.75, 3.05) is 12.0 Å². The molecule has 0 amide bonds. The average Bonchev–Trinajstić information content (AvgIpc) is 3.26. The number of thiophene rings is 1. The molecule has 0 radical (unpaired) electrons. The van der Waals surface area contributed by atoms with Gasteiger partial charge in [-0.1, -0.05) is 32.4 Å². The van der Waals surface area contributed by atoms with E-state index >= 15 is 0 Å². The van der Waals surface area contributed by atoms with Crippen molar-refractivity contribution in [3.63, 3.8) is 0 Å². The lowest BCUT2D eigenvalue weighted by atomic mass is 9.80. The summed E-state index contributed by atoms with van der Waals surface area (Å²) in [7, 11) is 1.80. The van der Waals surface area contributed by atoms with Gasteiger partial charge in [0.15, 0.2) is 0 Å². The van der Waals surface area contributed by atoms with Crippen LogP contribution in [0.2, 0.25) is 0 Å². The van der Waals surface area contributed by atoms with Crippen LogP contribution in [0.1, 0.15) is 98.5 Å². The molecule has 0 aliphatic heterocycles. The van der Waals surface area contributed by atoms with Crippen LogP contribution in [0.3, 0.4) is 0 Å². The molecule has 1 heterocycles. The predicted octanol–water partition coefficient (Wildman–Crippen LogP) is 7.51. The number of carbonyl (C=O) groups is 1. The SMILES string of the molecule is C=C(C1CCC(C)CC1)N(c1cc(C2=CCCCC2)sc1C(=O)O)C1CCC(OC)CC1. The quantitative estimate of drug-likeness (QED) is 0.460. The zero-order valence-corrected chi connectivity index (χ0v) is 20.6. The maximum Gasteiger partial charge on any atom is 0.348 e. The van der Waals surface area contributed by atoms with Crippen molar-refractivity contribution in [1.29, 1.82) is 0 Å². The lowest BCUT2D eigenvalue weighted by Crippen LogP contribution is -2.41. The summed E-state index contributed by atoms with van der Waals surface area (Å²) in [5.74, 6) is 0.420. The minimum absolute atomic E-state index is 0.300. The van der Waals surface area contributed by atoms with E-state index < -0.39 is 5.97 Å². The van der Waals surface area contributed by atoms with Crippen LogP contribution in [-0.2, 0) is 4.74 Å². The minimum Gasteiger partial charge on any atom is -0.477 e. The Morgan fingerprint density at radius 3 is 2.44 bits per heavy atom. The van der Waals surface area contributed by atoms with Gasteiger partial charge in [0.2, 0.25) is 0 Å². The Hall–Kier alpha value is -1.59. The van der Waals surface area contributed by atoms with Gasteiger partial charge >= 0.3 is 5.97 Å². The summed E-state index contributed by atoms with van der Waals surface area (Å²) in [6.07, 6.45) is 16.1. The first-order valence-corrected chi connectivity index (χ1v) is 13.4. The Labute approximate surface area is 197 Å². The first-order valence-electron chi connectivity index (χ1n) is 12.5. The molecule has 32 heavy (non-hydrogen) atoms. The Morgan fingerprint density at radius 2 is 1.84 bits per heavy atom. The van der Waals surface area contributed by atoms with Crippen molar-refractivity contribution in [2.45, 2.75) is 96.1 Å². The summed E-state index contributed by atoms with van der Waals surface area (Å²) < 4.78 is 5.62. The molecule has 2 fully saturated rings. The van der Waals surface area contributed by atoms with Gasteiger partial charge in [-0.3, -0.25) is 0 Å². The number of allylic oxidation sites excluding steroid dienone is 3. The van der Waals surface area contributed by atoms with E-state index in [9.17, 15) is 9.90 Å². The predicted molar refractivity (Wildman–Crippen MR) is 134 cm³/mol. The Balaban J connectivity index is 1.68. The fourth-order valence-corrected chi connectivity index (χ4v) is 6.90. The fourth-order valence-electron chi connectivity index (χ4n) is 5.85.